The minimum absolute atomic E-state index is 0.0279. The van der Waals surface area contributed by atoms with E-state index in [1.807, 2.05) is 0 Å². The summed E-state index contributed by atoms with van der Waals surface area (Å²) < 4.78 is 0. The summed E-state index contributed by atoms with van der Waals surface area (Å²) in [5, 5.41) is 20.3. The van der Waals surface area contributed by atoms with Gasteiger partial charge in [-0.1, -0.05) is 18.6 Å². The number of carboxylic acid groups (broad SMARTS) is 1. The molecule has 1 aliphatic carbocycles. The van der Waals surface area contributed by atoms with Crippen molar-refractivity contribution in [2.24, 2.45) is 0 Å². The number of hydrogen-bond donors (Lipinski definition) is 1. The highest BCUT2D eigenvalue weighted by molar-refractivity contribution is 5.66. The van der Waals surface area contributed by atoms with Crippen LogP contribution in [0.4, 0.5) is 10.5 Å². The van der Waals surface area contributed by atoms with Gasteiger partial charge >= 0.3 is 6.09 Å². The van der Waals surface area contributed by atoms with E-state index in [-0.39, 0.29) is 11.7 Å². The molecule has 1 atom stereocenters. The summed E-state index contributed by atoms with van der Waals surface area (Å²) in [6.45, 7) is 2.08. The van der Waals surface area contributed by atoms with E-state index in [2.05, 4.69) is 4.90 Å². The third-order valence-electron chi connectivity index (χ3n) is 4.95. The smallest absolute Gasteiger partial charge is 0.407 e. The van der Waals surface area contributed by atoms with E-state index in [1.165, 1.54) is 36.3 Å². The molecule has 7 nitrogen and oxygen atoms in total. The summed E-state index contributed by atoms with van der Waals surface area (Å²) in [7, 11) is 0. The number of benzene rings is 1. The van der Waals surface area contributed by atoms with Crippen molar-refractivity contribution in [1.82, 2.24) is 9.80 Å². The molecule has 1 heterocycles. The quantitative estimate of drug-likeness (QED) is 0.684. The minimum Gasteiger partial charge on any atom is -0.465 e. The maximum atomic E-state index is 11.6. The zero-order valence-electron chi connectivity index (χ0n) is 12.9. The number of hydrogen-bond acceptors (Lipinski definition) is 4. The van der Waals surface area contributed by atoms with Crippen LogP contribution in [0.3, 0.4) is 0 Å². The number of carbonyl (C=O) groups is 1. The lowest BCUT2D eigenvalue weighted by Gasteiger charge is -2.39. The summed E-state index contributed by atoms with van der Waals surface area (Å²) >= 11 is 0. The molecule has 0 aromatic heterocycles. The summed E-state index contributed by atoms with van der Waals surface area (Å²) in [6.07, 6.45) is 3.50. The molecule has 1 aliphatic heterocycles. The van der Waals surface area contributed by atoms with E-state index < -0.39 is 11.0 Å². The number of amides is 1. The van der Waals surface area contributed by atoms with Crippen molar-refractivity contribution in [3.8, 4) is 0 Å². The molecule has 1 aromatic rings. The van der Waals surface area contributed by atoms with Gasteiger partial charge in [-0.25, -0.2) is 4.79 Å². The Bertz CT molecular complexity index is 585. The van der Waals surface area contributed by atoms with Crippen molar-refractivity contribution in [3.63, 3.8) is 0 Å². The predicted molar refractivity (Wildman–Crippen MR) is 84.4 cm³/mol. The zero-order valence-corrected chi connectivity index (χ0v) is 12.9. The highest BCUT2D eigenvalue weighted by Crippen LogP contribution is 2.32. The Kier molecular flexibility index (Phi) is 4.47. The van der Waals surface area contributed by atoms with Crippen molar-refractivity contribution in [2.45, 2.75) is 37.8 Å². The first-order valence-corrected chi connectivity index (χ1v) is 8.04. The molecule has 1 saturated heterocycles. The molecule has 2 fully saturated rings. The Morgan fingerprint density at radius 1 is 1.17 bits per heavy atom. The normalized spacial score (nSPS) is 23.1. The topological polar surface area (TPSA) is 86.9 Å². The SMILES string of the molecule is O=C(O)N1CCCN(C2CCC2)CC1c1ccc([N+](=O)[O-])cc1. The van der Waals surface area contributed by atoms with Crippen LogP contribution in [0.5, 0.6) is 0 Å². The maximum absolute atomic E-state index is 11.6. The van der Waals surface area contributed by atoms with Crippen LogP contribution in [0.1, 0.15) is 37.3 Å². The van der Waals surface area contributed by atoms with Gasteiger partial charge in [-0.3, -0.25) is 19.9 Å². The van der Waals surface area contributed by atoms with E-state index in [9.17, 15) is 20.0 Å². The van der Waals surface area contributed by atoms with Crippen LogP contribution < -0.4 is 0 Å². The first kappa shape index (κ1) is 15.7. The van der Waals surface area contributed by atoms with Gasteiger partial charge in [0.05, 0.1) is 11.0 Å². The van der Waals surface area contributed by atoms with Crippen molar-refractivity contribution < 1.29 is 14.8 Å². The number of nitro benzene ring substituents is 1. The number of nitro groups is 1. The highest BCUT2D eigenvalue weighted by atomic mass is 16.6. The van der Waals surface area contributed by atoms with Crippen LogP contribution in [0, 0.1) is 10.1 Å². The van der Waals surface area contributed by atoms with Crippen molar-refractivity contribution >= 4 is 11.8 Å². The lowest BCUT2D eigenvalue weighted by Crippen LogP contribution is -2.44. The van der Waals surface area contributed by atoms with E-state index in [4.69, 9.17) is 0 Å². The average molecular weight is 319 g/mol. The summed E-state index contributed by atoms with van der Waals surface area (Å²) in [5.41, 5.74) is 0.851. The van der Waals surface area contributed by atoms with Gasteiger partial charge in [-0.05, 0) is 24.8 Å². The molecule has 7 heteroatoms. The lowest BCUT2D eigenvalue weighted by molar-refractivity contribution is -0.384. The fraction of sp³-hybridized carbons (Fsp3) is 0.562. The molecule has 0 radical (unpaired) electrons. The van der Waals surface area contributed by atoms with Crippen LogP contribution in [0.25, 0.3) is 0 Å². The third kappa shape index (κ3) is 3.29. The minimum atomic E-state index is -0.927. The second-order valence-electron chi connectivity index (χ2n) is 6.27. The molecule has 1 unspecified atom stereocenters. The van der Waals surface area contributed by atoms with Crippen molar-refractivity contribution in [3.05, 3.63) is 39.9 Å². The number of nitrogens with zero attached hydrogens (tertiary/aromatic N) is 3. The highest BCUT2D eigenvalue weighted by Gasteiger charge is 2.34. The van der Waals surface area contributed by atoms with E-state index in [0.717, 1.165) is 18.5 Å². The molecule has 1 aromatic carbocycles. The van der Waals surface area contributed by atoms with Crippen LogP contribution in [-0.2, 0) is 0 Å². The monoisotopic (exact) mass is 319 g/mol. The second kappa shape index (κ2) is 6.54. The predicted octanol–water partition coefficient (Wildman–Crippen LogP) is 2.87. The van der Waals surface area contributed by atoms with Gasteiger partial charge in [0.1, 0.15) is 0 Å². The summed E-state index contributed by atoms with van der Waals surface area (Å²) in [4.78, 5) is 25.8. The molecule has 2 aliphatic rings. The van der Waals surface area contributed by atoms with Gasteiger partial charge in [-0.15, -0.1) is 0 Å². The molecule has 1 N–H and O–H groups in total. The van der Waals surface area contributed by atoms with Crippen molar-refractivity contribution in [1.29, 1.82) is 0 Å². The van der Waals surface area contributed by atoms with E-state index in [1.54, 1.807) is 12.1 Å². The van der Waals surface area contributed by atoms with Crippen LogP contribution in [0.2, 0.25) is 0 Å². The van der Waals surface area contributed by atoms with Crippen LogP contribution in [0.15, 0.2) is 24.3 Å². The molecule has 23 heavy (non-hydrogen) atoms. The van der Waals surface area contributed by atoms with Crippen LogP contribution in [-0.4, -0.2) is 51.6 Å². The summed E-state index contributed by atoms with van der Waals surface area (Å²) in [6, 6.07) is 6.56. The lowest BCUT2D eigenvalue weighted by atomic mass is 9.90. The Morgan fingerprint density at radius 3 is 2.39 bits per heavy atom. The molecular formula is C16H21N3O4. The molecule has 0 bridgehead atoms. The standard InChI is InChI=1S/C16H21N3O4/c20-16(21)18-10-2-9-17(13-3-1-4-13)11-15(18)12-5-7-14(8-6-12)19(22)23/h5-8,13,15H,1-4,9-11H2,(H,20,21). The second-order valence-corrected chi connectivity index (χ2v) is 6.27. The zero-order chi connectivity index (χ0) is 16.4. The Labute approximate surface area is 134 Å². The Morgan fingerprint density at radius 2 is 1.87 bits per heavy atom. The van der Waals surface area contributed by atoms with Crippen LogP contribution >= 0.6 is 0 Å². The average Bonchev–Trinajstić information content (AvgIpc) is 2.68. The summed E-state index contributed by atoms with van der Waals surface area (Å²) in [5.74, 6) is 0. The van der Waals surface area contributed by atoms with Crippen molar-refractivity contribution in [2.75, 3.05) is 19.6 Å². The first-order chi connectivity index (χ1) is 11.1. The molecule has 1 saturated carbocycles. The number of rotatable bonds is 3. The van der Waals surface area contributed by atoms with Gasteiger partial charge in [0.25, 0.3) is 5.69 Å². The molecule has 124 valence electrons. The number of non-ortho nitro benzene ring substituents is 1. The van der Waals surface area contributed by atoms with Gasteiger partial charge in [0.2, 0.25) is 0 Å². The van der Waals surface area contributed by atoms with E-state index in [0.29, 0.717) is 19.1 Å². The molecule has 0 spiro atoms. The molecule has 1 amide bonds. The molecular weight excluding hydrogens is 298 g/mol. The first-order valence-electron chi connectivity index (χ1n) is 8.04. The Balaban J connectivity index is 1.85. The van der Waals surface area contributed by atoms with Gasteiger partial charge in [0.15, 0.2) is 0 Å². The fourth-order valence-electron chi connectivity index (χ4n) is 3.43. The maximum Gasteiger partial charge on any atom is 0.407 e. The van der Waals surface area contributed by atoms with Gasteiger partial charge in [-0.2, -0.15) is 0 Å². The van der Waals surface area contributed by atoms with Gasteiger partial charge in [0, 0.05) is 37.8 Å². The van der Waals surface area contributed by atoms with Gasteiger partial charge < -0.3 is 5.11 Å². The Hall–Kier alpha value is -2.15. The largest absolute Gasteiger partial charge is 0.465 e. The molecule has 3 rings (SSSR count). The van der Waals surface area contributed by atoms with E-state index >= 15 is 0 Å². The fourth-order valence-corrected chi connectivity index (χ4v) is 3.43. The third-order valence-corrected chi connectivity index (χ3v) is 4.95.